The summed E-state index contributed by atoms with van der Waals surface area (Å²) in [4.78, 5) is 23.1. The summed E-state index contributed by atoms with van der Waals surface area (Å²) in [6.45, 7) is 1.44. The number of ketones is 1. The minimum absolute atomic E-state index is 0.0911. The van der Waals surface area contributed by atoms with Crippen LogP contribution in [0.4, 0.5) is 14.5 Å². The summed E-state index contributed by atoms with van der Waals surface area (Å²) >= 11 is 0. The molecule has 0 atom stereocenters. The van der Waals surface area contributed by atoms with Gasteiger partial charge in [0.1, 0.15) is 0 Å². The number of amides is 1. The summed E-state index contributed by atoms with van der Waals surface area (Å²) in [7, 11) is 0. The lowest BCUT2D eigenvalue weighted by Crippen LogP contribution is -2.12. The van der Waals surface area contributed by atoms with E-state index < -0.39 is 12.3 Å². The maximum atomic E-state index is 12.6. The van der Waals surface area contributed by atoms with Crippen molar-refractivity contribution in [1.82, 2.24) is 0 Å². The minimum Gasteiger partial charge on any atom is -0.322 e. The van der Waals surface area contributed by atoms with Gasteiger partial charge in [0.15, 0.2) is 5.78 Å². The average molecular weight is 289 g/mol. The fraction of sp³-hybridized carbons (Fsp3) is 0.125. The van der Waals surface area contributed by atoms with Crippen LogP contribution in [0.3, 0.4) is 0 Å². The molecule has 0 bridgehead atoms. The molecule has 2 aromatic rings. The Morgan fingerprint density at radius 2 is 1.62 bits per heavy atom. The van der Waals surface area contributed by atoms with E-state index in [1.54, 1.807) is 12.1 Å². The van der Waals surface area contributed by atoms with E-state index in [0.29, 0.717) is 16.8 Å². The largest absolute Gasteiger partial charge is 0.322 e. The lowest BCUT2D eigenvalue weighted by molar-refractivity contribution is 0.100. The molecular weight excluding hydrogens is 276 g/mol. The number of hydrogen-bond donors (Lipinski definition) is 1. The predicted octanol–water partition coefficient (Wildman–Crippen LogP) is 4.08. The summed E-state index contributed by atoms with van der Waals surface area (Å²) in [6.07, 6.45) is -2.59. The standard InChI is InChI=1S/C16H13F2NO2/c1-10(20)11-5-7-12(8-6-11)16(21)19-14-4-2-3-13(9-14)15(17)18/h2-9,15H,1H3,(H,19,21). The van der Waals surface area contributed by atoms with Crippen LogP contribution in [0.15, 0.2) is 48.5 Å². The maximum Gasteiger partial charge on any atom is 0.263 e. The second kappa shape index (κ2) is 6.26. The zero-order chi connectivity index (χ0) is 15.4. The molecule has 1 amide bonds. The molecule has 0 saturated heterocycles. The second-order valence-electron chi connectivity index (χ2n) is 4.51. The first kappa shape index (κ1) is 14.8. The Morgan fingerprint density at radius 1 is 1.00 bits per heavy atom. The zero-order valence-electron chi connectivity index (χ0n) is 11.3. The Hall–Kier alpha value is -2.56. The van der Waals surface area contributed by atoms with Crippen LogP contribution in [0.5, 0.6) is 0 Å². The molecule has 0 heterocycles. The van der Waals surface area contributed by atoms with Crippen LogP contribution in [0.2, 0.25) is 0 Å². The zero-order valence-corrected chi connectivity index (χ0v) is 11.3. The molecule has 0 unspecified atom stereocenters. The molecule has 0 aromatic heterocycles. The molecule has 3 nitrogen and oxygen atoms in total. The number of rotatable bonds is 4. The normalized spacial score (nSPS) is 10.5. The van der Waals surface area contributed by atoms with E-state index in [4.69, 9.17) is 0 Å². The Bertz CT molecular complexity index is 666. The van der Waals surface area contributed by atoms with Crippen molar-refractivity contribution in [1.29, 1.82) is 0 Å². The highest BCUT2D eigenvalue weighted by Crippen LogP contribution is 2.22. The number of carbonyl (C=O) groups is 2. The first-order chi connectivity index (χ1) is 9.97. The smallest absolute Gasteiger partial charge is 0.263 e. The van der Waals surface area contributed by atoms with Crippen molar-refractivity contribution in [3.8, 4) is 0 Å². The Labute approximate surface area is 120 Å². The molecule has 21 heavy (non-hydrogen) atoms. The topological polar surface area (TPSA) is 46.2 Å². The molecular formula is C16H13F2NO2. The van der Waals surface area contributed by atoms with Crippen molar-refractivity contribution in [2.75, 3.05) is 5.32 Å². The maximum absolute atomic E-state index is 12.6. The first-order valence-electron chi connectivity index (χ1n) is 6.28. The molecule has 0 radical (unpaired) electrons. The van der Waals surface area contributed by atoms with Crippen LogP contribution in [0, 0.1) is 0 Å². The Kier molecular flexibility index (Phi) is 4.42. The molecule has 0 aliphatic carbocycles. The summed E-state index contributed by atoms with van der Waals surface area (Å²) < 4.78 is 25.2. The second-order valence-corrected chi connectivity index (χ2v) is 4.51. The van der Waals surface area contributed by atoms with Crippen LogP contribution in [0.1, 0.15) is 39.6 Å². The van der Waals surface area contributed by atoms with Crippen molar-refractivity contribution >= 4 is 17.4 Å². The van der Waals surface area contributed by atoms with Crippen molar-refractivity contribution in [3.63, 3.8) is 0 Å². The third-order valence-corrected chi connectivity index (χ3v) is 2.95. The van der Waals surface area contributed by atoms with E-state index in [1.807, 2.05) is 0 Å². The highest BCUT2D eigenvalue weighted by atomic mass is 19.3. The van der Waals surface area contributed by atoms with Crippen LogP contribution in [-0.4, -0.2) is 11.7 Å². The van der Waals surface area contributed by atoms with Gasteiger partial charge >= 0.3 is 0 Å². The number of halogens is 2. The van der Waals surface area contributed by atoms with Gasteiger partial charge in [-0.05, 0) is 31.2 Å². The number of nitrogens with one attached hydrogen (secondary N) is 1. The fourth-order valence-electron chi connectivity index (χ4n) is 1.81. The van der Waals surface area contributed by atoms with E-state index >= 15 is 0 Å². The van der Waals surface area contributed by atoms with Gasteiger partial charge < -0.3 is 5.32 Å². The Balaban J connectivity index is 2.14. The third-order valence-electron chi connectivity index (χ3n) is 2.95. The summed E-state index contributed by atoms with van der Waals surface area (Å²) in [5.74, 6) is -0.511. The molecule has 0 saturated carbocycles. The number of anilines is 1. The average Bonchev–Trinajstić information content (AvgIpc) is 2.47. The van der Waals surface area contributed by atoms with E-state index in [0.717, 1.165) is 0 Å². The summed E-state index contributed by atoms with van der Waals surface area (Å²) in [5, 5.41) is 2.54. The lowest BCUT2D eigenvalue weighted by Gasteiger charge is -2.07. The molecule has 0 aliphatic rings. The van der Waals surface area contributed by atoms with Crippen LogP contribution >= 0.6 is 0 Å². The summed E-state index contributed by atoms with van der Waals surface area (Å²) in [6, 6.07) is 11.6. The molecule has 0 fully saturated rings. The van der Waals surface area contributed by atoms with Crippen molar-refractivity contribution in [2.24, 2.45) is 0 Å². The van der Waals surface area contributed by atoms with E-state index in [9.17, 15) is 18.4 Å². The SMILES string of the molecule is CC(=O)c1ccc(C(=O)Nc2cccc(C(F)F)c2)cc1. The van der Waals surface area contributed by atoms with E-state index in [-0.39, 0.29) is 11.3 Å². The third kappa shape index (κ3) is 3.72. The van der Waals surface area contributed by atoms with E-state index in [2.05, 4.69) is 5.32 Å². The van der Waals surface area contributed by atoms with Crippen molar-refractivity contribution in [3.05, 3.63) is 65.2 Å². The van der Waals surface area contributed by atoms with Crippen molar-refractivity contribution in [2.45, 2.75) is 13.3 Å². The minimum atomic E-state index is -2.59. The van der Waals surface area contributed by atoms with Crippen LogP contribution in [0.25, 0.3) is 0 Å². The lowest BCUT2D eigenvalue weighted by atomic mass is 10.1. The molecule has 2 rings (SSSR count). The van der Waals surface area contributed by atoms with Gasteiger partial charge in [-0.1, -0.05) is 24.3 Å². The number of hydrogen-bond acceptors (Lipinski definition) is 2. The number of alkyl halides is 2. The monoisotopic (exact) mass is 289 g/mol. The fourth-order valence-corrected chi connectivity index (χ4v) is 1.81. The van der Waals surface area contributed by atoms with Crippen LogP contribution in [-0.2, 0) is 0 Å². The highest BCUT2D eigenvalue weighted by Gasteiger charge is 2.10. The van der Waals surface area contributed by atoms with E-state index in [1.165, 1.54) is 43.3 Å². The van der Waals surface area contributed by atoms with Gasteiger partial charge in [0.2, 0.25) is 0 Å². The molecule has 2 aromatic carbocycles. The van der Waals surface area contributed by atoms with Gasteiger partial charge in [-0.15, -0.1) is 0 Å². The highest BCUT2D eigenvalue weighted by molar-refractivity contribution is 6.05. The van der Waals surface area contributed by atoms with Gasteiger partial charge in [-0.2, -0.15) is 0 Å². The molecule has 0 aliphatic heterocycles. The number of benzene rings is 2. The van der Waals surface area contributed by atoms with Crippen LogP contribution < -0.4 is 5.32 Å². The van der Waals surface area contributed by atoms with Gasteiger partial charge in [0.05, 0.1) is 0 Å². The van der Waals surface area contributed by atoms with Crippen molar-refractivity contribution < 1.29 is 18.4 Å². The summed E-state index contributed by atoms with van der Waals surface area (Å²) in [5.41, 5.74) is 1.00. The Morgan fingerprint density at radius 3 is 2.19 bits per heavy atom. The van der Waals surface area contributed by atoms with Gasteiger partial charge in [-0.3, -0.25) is 9.59 Å². The quantitative estimate of drug-likeness (QED) is 0.862. The van der Waals surface area contributed by atoms with Gasteiger partial charge in [-0.25, -0.2) is 8.78 Å². The van der Waals surface area contributed by atoms with Gasteiger partial charge in [0.25, 0.3) is 12.3 Å². The number of carbonyl (C=O) groups excluding carboxylic acids is 2. The first-order valence-corrected chi connectivity index (χ1v) is 6.28. The molecule has 108 valence electrons. The molecule has 1 N–H and O–H groups in total. The molecule has 0 spiro atoms. The van der Waals surface area contributed by atoms with Gasteiger partial charge in [0, 0.05) is 22.4 Å². The predicted molar refractivity (Wildman–Crippen MR) is 75.8 cm³/mol. The number of Topliss-reactive ketones (excluding diaryl/α,β-unsaturated/α-hetero) is 1. The molecule has 5 heteroatoms.